The van der Waals surface area contributed by atoms with Crippen molar-refractivity contribution in [3.63, 3.8) is 0 Å². The topological polar surface area (TPSA) is 60.8 Å². The normalized spacial score (nSPS) is 29.5. The second kappa shape index (κ2) is 5.46. The van der Waals surface area contributed by atoms with Crippen LogP contribution in [0.5, 0.6) is 0 Å². The summed E-state index contributed by atoms with van der Waals surface area (Å²) in [4.78, 5) is 12.4. The van der Waals surface area contributed by atoms with Gasteiger partial charge in [-0.15, -0.1) is 0 Å². The van der Waals surface area contributed by atoms with E-state index >= 15 is 0 Å². The minimum Gasteiger partial charge on any atom is -0.465 e. The van der Waals surface area contributed by atoms with Crippen LogP contribution in [0.15, 0.2) is 12.1 Å². The Bertz CT molecular complexity index is 543. The number of piperidine rings is 1. The first-order chi connectivity index (χ1) is 9.67. The van der Waals surface area contributed by atoms with Crippen molar-refractivity contribution >= 4 is 17.7 Å². The average molecular weight is 316 g/mol. The minimum absolute atomic E-state index is 0.164. The molecule has 6 heteroatoms. The van der Waals surface area contributed by atoms with E-state index in [1.807, 2.05) is 0 Å². The molecule has 1 aromatic rings. The molecule has 1 aliphatic heterocycles. The van der Waals surface area contributed by atoms with Crippen molar-refractivity contribution in [2.24, 2.45) is 11.8 Å². The molecule has 3 atom stereocenters. The van der Waals surface area contributed by atoms with Crippen LogP contribution in [-0.4, -0.2) is 34.3 Å². The monoisotopic (exact) mass is 315 g/mol. The van der Waals surface area contributed by atoms with Gasteiger partial charge in [0.1, 0.15) is 11.4 Å². The van der Waals surface area contributed by atoms with Gasteiger partial charge in [-0.2, -0.15) is 0 Å². The fourth-order valence-corrected chi connectivity index (χ4v) is 3.62. The molecular formula is C15H19ClFNO3. The first kappa shape index (κ1) is 16.0. The van der Waals surface area contributed by atoms with E-state index in [0.29, 0.717) is 5.56 Å². The van der Waals surface area contributed by atoms with Gasteiger partial charge in [-0.1, -0.05) is 25.4 Å². The molecule has 1 heterocycles. The first-order valence-electron chi connectivity index (χ1n) is 6.84. The standard InChI is InChI=1S/C15H19ClFNO3/c1-8-4-11(16)5-12(17)13(8)15(21)9(2)6-18(14(19)20)7-10(15)3/h4-5,9-10,21H,6-7H2,1-3H3,(H,19,20)/t9-,10+,15-. The smallest absolute Gasteiger partial charge is 0.407 e. The molecule has 0 bridgehead atoms. The van der Waals surface area contributed by atoms with E-state index in [1.54, 1.807) is 26.8 Å². The number of rotatable bonds is 1. The number of benzene rings is 1. The van der Waals surface area contributed by atoms with Crippen molar-refractivity contribution in [2.45, 2.75) is 26.4 Å². The molecule has 0 aliphatic carbocycles. The fraction of sp³-hybridized carbons (Fsp3) is 0.533. The van der Waals surface area contributed by atoms with Crippen LogP contribution in [0.25, 0.3) is 0 Å². The second-order valence-corrected chi connectivity index (χ2v) is 6.33. The Balaban J connectivity index is 2.49. The minimum atomic E-state index is -1.41. The summed E-state index contributed by atoms with van der Waals surface area (Å²) in [5, 5.41) is 20.5. The number of carboxylic acid groups (broad SMARTS) is 1. The van der Waals surface area contributed by atoms with Gasteiger partial charge in [0.15, 0.2) is 0 Å². The maximum Gasteiger partial charge on any atom is 0.407 e. The summed E-state index contributed by atoms with van der Waals surface area (Å²) in [6.45, 7) is 5.50. The predicted octanol–water partition coefficient (Wildman–Crippen LogP) is 3.24. The fourth-order valence-electron chi connectivity index (χ4n) is 3.36. The third-order valence-electron chi connectivity index (χ3n) is 4.41. The summed E-state index contributed by atoms with van der Waals surface area (Å²) in [7, 11) is 0. The Morgan fingerprint density at radius 2 is 1.90 bits per heavy atom. The van der Waals surface area contributed by atoms with Crippen LogP contribution >= 0.6 is 11.6 Å². The van der Waals surface area contributed by atoms with Crippen LogP contribution in [-0.2, 0) is 5.60 Å². The van der Waals surface area contributed by atoms with E-state index in [2.05, 4.69) is 0 Å². The zero-order chi connectivity index (χ0) is 15.9. The summed E-state index contributed by atoms with van der Waals surface area (Å²) in [5.74, 6) is -1.40. The highest BCUT2D eigenvalue weighted by atomic mass is 35.5. The van der Waals surface area contributed by atoms with E-state index in [9.17, 15) is 14.3 Å². The third kappa shape index (κ3) is 2.60. The number of hydrogen-bond acceptors (Lipinski definition) is 2. The number of halogens is 2. The quantitative estimate of drug-likeness (QED) is 0.836. The van der Waals surface area contributed by atoms with Crippen LogP contribution in [0.2, 0.25) is 5.02 Å². The van der Waals surface area contributed by atoms with Gasteiger partial charge in [-0.05, 0) is 24.6 Å². The maximum atomic E-state index is 14.4. The molecule has 1 aliphatic rings. The molecule has 0 spiro atoms. The molecule has 1 amide bonds. The van der Waals surface area contributed by atoms with Crippen molar-refractivity contribution in [3.05, 3.63) is 34.1 Å². The number of hydrogen-bond donors (Lipinski definition) is 2. The van der Waals surface area contributed by atoms with Crippen LogP contribution in [0.4, 0.5) is 9.18 Å². The van der Waals surface area contributed by atoms with Crippen LogP contribution in [0.3, 0.4) is 0 Å². The molecular weight excluding hydrogens is 297 g/mol. The van der Waals surface area contributed by atoms with E-state index in [0.717, 1.165) is 0 Å². The molecule has 1 aromatic carbocycles. The van der Waals surface area contributed by atoms with Gasteiger partial charge in [-0.25, -0.2) is 9.18 Å². The van der Waals surface area contributed by atoms with Crippen molar-refractivity contribution in [3.8, 4) is 0 Å². The first-order valence-corrected chi connectivity index (χ1v) is 7.22. The van der Waals surface area contributed by atoms with Gasteiger partial charge in [0, 0.05) is 35.5 Å². The maximum absolute atomic E-state index is 14.4. The zero-order valence-corrected chi connectivity index (χ0v) is 13.0. The number of nitrogens with zero attached hydrogens (tertiary/aromatic N) is 1. The second-order valence-electron chi connectivity index (χ2n) is 5.89. The van der Waals surface area contributed by atoms with Crippen molar-refractivity contribution < 1.29 is 19.4 Å². The van der Waals surface area contributed by atoms with Gasteiger partial charge in [-0.3, -0.25) is 0 Å². The molecule has 2 N–H and O–H groups in total. The number of carbonyl (C=O) groups is 1. The number of amides is 1. The van der Waals surface area contributed by atoms with Gasteiger partial charge in [0.25, 0.3) is 0 Å². The number of aliphatic hydroxyl groups is 1. The molecule has 0 radical (unpaired) electrons. The zero-order valence-electron chi connectivity index (χ0n) is 12.2. The highest BCUT2D eigenvalue weighted by Crippen LogP contribution is 2.44. The molecule has 2 rings (SSSR count). The largest absolute Gasteiger partial charge is 0.465 e. The SMILES string of the molecule is Cc1cc(Cl)cc(F)c1[C@@]1(O)[C@H](C)CN(C(=O)O)C[C@@H]1C. The summed E-state index contributed by atoms with van der Waals surface area (Å²) in [6, 6.07) is 2.80. The van der Waals surface area contributed by atoms with E-state index in [1.165, 1.54) is 11.0 Å². The van der Waals surface area contributed by atoms with Crippen molar-refractivity contribution in [2.75, 3.05) is 13.1 Å². The highest BCUT2D eigenvalue weighted by molar-refractivity contribution is 6.30. The third-order valence-corrected chi connectivity index (χ3v) is 4.63. The Hall–Kier alpha value is -1.33. The van der Waals surface area contributed by atoms with Gasteiger partial charge in [0.2, 0.25) is 0 Å². The lowest BCUT2D eigenvalue weighted by atomic mass is 9.69. The van der Waals surface area contributed by atoms with Crippen molar-refractivity contribution in [1.29, 1.82) is 0 Å². The lowest BCUT2D eigenvalue weighted by molar-refractivity contribution is -0.108. The Morgan fingerprint density at radius 3 is 2.33 bits per heavy atom. The predicted molar refractivity (Wildman–Crippen MR) is 78.0 cm³/mol. The lowest BCUT2D eigenvalue weighted by Crippen LogP contribution is -2.56. The Morgan fingerprint density at radius 1 is 1.38 bits per heavy atom. The molecule has 0 unspecified atom stereocenters. The van der Waals surface area contributed by atoms with E-state index in [-0.39, 0.29) is 23.7 Å². The highest BCUT2D eigenvalue weighted by Gasteiger charge is 2.48. The summed E-state index contributed by atoms with van der Waals surface area (Å²) in [6.07, 6.45) is -1.02. The van der Waals surface area contributed by atoms with Crippen LogP contribution in [0, 0.1) is 24.6 Å². The van der Waals surface area contributed by atoms with Crippen LogP contribution < -0.4 is 0 Å². The summed E-state index contributed by atoms with van der Waals surface area (Å²) >= 11 is 5.84. The molecule has 0 aromatic heterocycles. The van der Waals surface area contributed by atoms with Gasteiger partial charge >= 0.3 is 6.09 Å². The Labute approximate surface area is 128 Å². The van der Waals surface area contributed by atoms with Gasteiger partial charge in [0.05, 0.1) is 0 Å². The molecule has 4 nitrogen and oxygen atoms in total. The summed E-state index contributed by atoms with van der Waals surface area (Å²) < 4.78 is 14.4. The average Bonchev–Trinajstić information content (AvgIpc) is 2.34. The van der Waals surface area contributed by atoms with Gasteiger partial charge < -0.3 is 15.1 Å². The molecule has 1 fully saturated rings. The van der Waals surface area contributed by atoms with E-state index < -0.39 is 29.3 Å². The number of likely N-dealkylation sites (tertiary alicyclic amines) is 1. The van der Waals surface area contributed by atoms with Crippen molar-refractivity contribution in [1.82, 2.24) is 4.90 Å². The number of aryl methyl sites for hydroxylation is 1. The van der Waals surface area contributed by atoms with Crippen LogP contribution in [0.1, 0.15) is 25.0 Å². The molecule has 116 valence electrons. The Kier molecular flexibility index (Phi) is 4.17. The summed E-state index contributed by atoms with van der Waals surface area (Å²) in [5.41, 5.74) is -0.619. The lowest BCUT2D eigenvalue weighted by Gasteiger charge is -2.47. The molecule has 1 saturated heterocycles. The molecule has 0 saturated carbocycles. The van der Waals surface area contributed by atoms with E-state index in [4.69, 9.17) is 16.7 Å². The molecule has 21 heavy (non-hydrogen) atoms.